The minimum absolute atomic E-state index is 0.00268. The number of carboxylic acid groups (broad SMARTS) is 1. The van der Waals surface area contributed by atoms with Crippen LogP contribution >= 0.6 is 0 Å². The van der Waals surface area contributed by atoms with Gasteiger partial charge in [0.1, 0.15) is 0 Å². The highest BCUT2D eigenvalue weighted by atomic mass is 16.4. The minimum atomic E-state index is -1.03. The van der Waals surface area contributed by atoms with E-state index in [9.17, 15) is 4.79 Å². The van der Waals surface area contributed by atoms with Gasteiger partial charge in [-0.2, -0.15) is 0 Å². The Morgan fingerprint density at radius 3 is 2.94 bits per heavy atom. The molecule has 0 amide bonds. The number of aromatic carboxylic acids is 1. The van der Waals surface area contributed by atoms with Gasteiger partial charge in [-0.3, -0.25) is 4.68 Å². The molecule has 1 aromatic heterocycles. The van der Waals surface area contributed by atoms with Crippen molar-refractivity contribution in [3.05, 3.63) is 11.9 Å². The summed E-state index contributed by atoms with van der Waals surface area (Å²) in [5.74, 6) is -0.193. The summed E-state index contributed by atoms with van der Waals surface area (Å²) in [7, 11) is 2.10. The van der Waals surface area contributed by atoms with E-state index in [-0.39, 0.29) is 5.69 Å². The maximum Gasteiger partial charge on any atom is 0.358 e. The molecule has 94 valence electrons. The molecule has 1 heterocycles. The van der Waals surface area contributed by atoms with Gasteiger partial charge in [-0.1, -0.05) is 5.21 Å². The highest BCUT2D eigenvalue weighted by molar-refractivity contribution is 5.84. The number of hydrogen-bond donors (Lipinski definition) is 1. The molecule has 1 aliphatic carbocycles. The zero-order chi connectivity index (χ0) is 12.4. The van der Waals surface area contributed by atoms with Gasteiger partial charge < -0.3 is 10.0 Å². The van der Waals surface area contributed by atoms with E-state index in [4.69, 9.17) is 5.11 Å². The Bertz CT molecular complexity index is 400. The fourth-order valence-corrected chi connectivity index (χ4v) is 1.91. The monoisotopic (exact) mass is 238 g/mol. The van der Waals surface area contributed by atoms with Gasteiger partial charge in [0.25, 0.3) is 0 Å². The average molecular weight is 238 g/mol. The van der Waals surface area contributed by atoms with Crippen molar-refractivity contribution in [3.8, 4) is 0 Å². The first-order valence-electron chi connectivity index (χ1n) is 5.91. The molecule has 1 N–H and O–H groups in total. The quantitative estimate of drug-likeness (QED) is 0.790. The van der Waals surface area contributed by atoms with Crippen LogP contribution in [0.15, 0.2) is 6.20 Å². The van der Waals surface area contributed by atoms with Crippen molar-refractivity contribution in [3.63, 3.8) is 0 Å². The van der Waals surface area contributed by atoms with Crippen molar-refractivity contribution >= 4 is 5.97 Å². The summed E-state index contributed by atoms with van der Waals surface area (Å²) in [6.07, 6.45) is 4.13. The molecule has 1 aromatic rings. The van der Waals surface area contributed by atoms with Gasteiger partial charge in [-0.05, 0) is 32.7 Å². The minimum Gasteiger partial charge on any atom is -0.476 e. The van der Waals surface area contributed by atoms with Gasteiger partial charge >= 0.3 is 5.97 Å². The molecule has 1 atom stereocenters. The number of likely N-dealkylation sites (N-methyl/N-ethyl adjacent to an activating group) is 1. The van der Waals surface area contributed by atoms with Crippen LogP contribution in [0.25, 0.3) is 0 Å². The molecule has 1 unspecified atom stereocenters. The topological polar surface area (TPSA) is 71.2 Å². The van der Waals surface area contributed by atoms with Gasteiger partial charge in [0.2, 0.25) is 0 Å². The SMILES string of the molecule is CC(C1CC1)N(C)CCn1cc(C(=O)O)nn1. The standard InChI is InChI=1S/C11H18N4O2/c1-8(9-3-4-9)14(2)5-6-15-7-10(11(16)17)12-13-15/h7-9H,3-6H2,1-2H3,(H,16,17). The highest BCUT2D eigenvalue weighted by Crippen LogP contribution is 2.34. The number of carbonyl (C=O) groups is 1. The van der Waals surface area contributed by atoms with Gasteiger partial charge in [0, 0.05) is 12.6 Å². The lowest BCUT2D eigenvalue weighted by Crippen LogP contribution is -2.33. The Morgan fingerprint density at radius 1 is 1.71 bits per heavy atom. The summed E-state index contributed by atoms with van der Waals surface area (Å²) in [6, 6.07) is 0.595. The van der Waals surface area contributed by atoms with E-state index in [1.54, 1.807) is 4.68 Å². The van der Waals surface area contributed by atoms with Crippen LogP contribution in [0, 0.1) is 5.92 Å². The van der Waals surface area contributed by atoms with Crippen molar-refractivity contribution in [2.24, 2.45) is 5.92 Å². The molecule has 0 aromatic carbocycles. The van der Waals surface area contributed by atoms with Crippen molar-refractivity contribution in [2.45, 2.75) is 32.4 Å². The molecule has 1 saturated carbocycles. The summed E-state index contributed by atoms with van der Waals surface area (Å²) < 4.78 is 1.58. The van der Waals surface area contributed by atoms with E-state index in [0.717, 1.165) is 12.5 Å². The number of nitrogens with zero attached hydrogens (tertiary/aromatic N) is 4. The van der Waals surface area contributed by atoms with Crippen LogP contribution in [-0.4, -0.2) is 50.6 Å². The summed E-state index contributed by atoms with van der Waals surface area (Å²) in [4.78, 5) is 12.9. The van der Waals surface area contributed by atoms with Crippen LogP contribution in [0.2, 0.25) is 0 Å². The molecule has 1 aliphatic rings. The van der Waals surface area contributed by atoms with Crippen LogP contribution < -0.4 is 0 Å². The third kappa shape index (κ3) is 3.03. The third-order valence-electron chi connectivity index (χ3n) is 3.44. The molecule has 2 rings (SSSR count). The van der Waals surface area contributed by atoms with Gasteiger partial charge in [0.15, 0.2) is 5.69 Å². The molecular weight excluding hydrogens is 220 g/mol. The smallest absolute Gasteiger partial charge is 0.358 e. The second kappa shape index (κ2) is 4.83. The molecule has 6 heteroatoms. The summed E-state index contributed by atoms with van der Waals surface area (Å²) in [6.45, 7) is 3.77. The van der Waals surface area contributed by atoms with Crippen molar-refractivity contribution in [1.29, 1.82) is 0 Å². The summed E-state index contributed by atoms with van der Waals surface area (Å²) >= 11 is 0. The van der Waals surface area contributed by atoms with Crippen LogP contribution in [-0.2, 0) is 6.54 Å². The van der Waals surface area contributed by atoms with E-state index < -0.39 is 5.97 Å². The first kappa shape index (κ1) is 12.0. The molecule has 0 aliphatic heterocycles. The van der Waals surface area contributed by atoms with Gasteiger partial charge in [-0.25, -0.2) is 4.79 Å². The predicted molar refractivity (Wildman–Crippen MR) is 61.8 cm³/mol. The molecule has 17 heavy (non-hydrogen) atoms. The maximum atomic E-state index is 10.6. The number of carboxylic acids is 1. The lowest BCUT2D eigenvalue weighted by atomic mass is 10.2. The second-order valence-electron chi connectivity index (χ2n) is 4.73. The van der Waals surface area contributed by atoms with Crippen molar-refractivity contribution < 1.29 is 9.90 Å². The molecule has 0 bridgehead atoms. The van der Waals surface area contributed by atoms with E-state index in [1.807, 2.05) is 0 Å². The van der Waals surface area contributed by atoms with Gasteiger partial charge in [-0.15, -0.1) is 5.10 Å². The molecule has 0 spiro atoms. The van der Waals surface area contributed by atoms with Crippen molar-refractivity contribution in [1.82, 2.24) is 19.9 Å². The second-order valence-corrected chi connectivity index (χ2v) is 4.73. The number of rotatable bonds is 6. The van der Waals surface area contributed by atoms with E-state index in [1.165, 1.54) is 19.0 Å². The Kier molecular flexibility index (Phi) is 3.42. The lowest BCUT2D eigenvalue weighted by Gasteiger charge is -2.24. The molecule has 0 radical (unpaired) electrons. The van der Waals surface area contributed by atoms with Crippen LogP contribution in [0.5, 0.6) is 0 Å². The zero-order valence-electron chi connectivity index (χ0n) is 10.2. The van der Waals surface area contributed by atoms with E-state index >= 15 is 0 Å². The highest BCUT2D eigenvalue weighted by Gasteiger charge is 2.30. The fraction of sp³-hybridized carbons (Fsp3) is 0.727. The molecule has 1 fully saturated rings. The summed E-state index contributed by atoms with van der Waals surface area (Å²) in [5, 5.41) is 16.1. The summed E-state index contributed by atoms with van der Waals surface area (Å²) in [5.41, 5.74) is 0.00268. The third-order valence-corrected chi connectivity index (χ3v) is 3.44. The largest absolute Gasteiger partial charge is 0.476 e. The Balaban J connectivity index is 1.82. The lowest BCUT2D eigenvalue weighted by molar-refractivity contribution is 0.0690. The first-order valence-corrected chi connectivity index (χ1v) is 5.91. The fourth-order valence-electron chi connectivity index (χ4n) is 1.91. The first-order chi connectivity index (χ1) is 8.08. The normalized spacial score (nSPS) is 17.4. The molecule has 6 nitrogen and oxygen atoms in total. The molecule has 0 saturated heterocycles. The Hall–Kier alpha value is -1.43. The number of aromatic nitrogens is 3. The van der Waals surface area contributed by atoms with Crippen LogP contribution in [0.1, 0.15) is 30.3 Å². The van der Waals surface area contributed by atoms with E-state index in [0.29, 0.717) is 12.6 Å². The Labute approximate surface area is 100 Å². The number of hydrogen-bond acceptors (Lipinski definition) is 4. The van der Waals surface area contributed by atoms with Crippen LogP contribution in [0.3, 0.4) is 0 Å². The van der Waals surface area contributed by atoms with Crippen molar-refractivity contribution in [2.75, 3.05) is 13.6 Å². The van der Waals surface area contributed by atoms with E-state index in [2.05, 4.69) is 29.2 Å². The predicted octanol–water partition coefficient (Wildman–Crippen LogP) is 0.707. The molecular formula is C11H18N4O2. The zero-order valence-corrected chi connectivity index (χ0v) is 10.2. The maximum absolute atomic E-state index is 10.6. The van der Waals surface area contributed by atoms with Gasteiger partial charge in [0.05, 0.1) is 12.7 Å². The Morgan fingerprint density at radius 2 is 2.41 bits per heavy atom. The average Bonchev–Trinajstić information content (AvgIpc) is 3.03. The van der Waals surface area contributed by atoms with Crippen LogP contribution in [0.4, 0.5) is 0 Å².